The first-order chi connectivity index (χ1) is 9.36. The predicted octanol–water partition coefficient (Wildman–Crippen LogP) is 3.14. The summed E-state index contributed by atoms with van der Waals surface area (Å²) >= 11 is 1.55. The third kappa shape index (κ3) is 3.24. The molecule has 0 atom stereocenters. The molecule has 1 aromatic heterocycles. The summed E-state index contributed by atoms with van der Waals surface area (Å²) in [6.45, 7) is 4.43. The minimum absolute atomic E-state index is 0.506. The highest BCUT2D eigenvalue weighted by Gasteiger charge is 2.12. The van der Waals surface area contributed by atoms with Gasteiger partial charge in [0.2, 0.25) is 0 Å². The van der Waals surface area contributed by atoms with Gasteiger partial charge in [-0.3, -0.25) is 4.57 Å². The lowest BCUT2D eigenvalue weighted by Crippen LogP contribution is -2.00. The van der Waals surface area contributed by atoms with E-state index < -0.39 is 0 Å². The second kappa shape index (κ2) is 6.76. The van der Waals surface area contributed by atoms with Crippen LogP contribution in [0.2, 0.25) is 0 Å². The lowest BCUT2D eigenvalue weighted by Gasteiger charge is -2.06. The molecule has 0 aliphatic heterocycles. The van der Waals surface area contributed by atoms with E-state index in [1.807, 2.05) is 41.0 Å². The Morgan fingerprint density at radius 1 is 1.32 bits per heavy atom. The number of nitrogens with zero attached hydrogens (tertiary/aromatic N) is 4. The molecule has 0 N–H and O–H groups in total. The number of benzene rings is 1. The molecule has 0 saturated carbocycles. The van der Waals surface area contributed by atoms with Crippen LogP contribution in [0.1, 0.15) is 6.42 Å². The van der Waals surface area contributed by atoms with E-state index >= 15 is 0 Å². The van der Waals surface area contributed by atoms with Gasteiger partial charge in [-0.05, 0) is 0 Å². The maximum atomic E-state index is 8.58. The van der Waals surface area contributed by atoms with E-state index in [4.69, 9.17) is 5.26 Å². The minimum Gasteiger partial charge on any atom is -0.298 e. The molecule has 0 saturated heterocycles. The SMILES string of the molecule is C=CCn1c(SCCC#N)nnc1-c1ccccc1. The van der Waals surface area contributed by atoms with Crippen LogP contribution < -0.4 is 0 Å². The molecule has 0 fully saturated rings. The molecule has 0 spiro atoms. The molecule has 19 heavy (non-hydrogen) atoms. The zero-order valence-corrected chi connectivity index (χ0v) is 11.3. The van der Waals surface area contributed by atoms with Gasteiger partial charge >= 0.3 is 0 Å². The molecule has 2 rings (SSSR count). The minimum atomic E-state index is 0.506. The van der Waals surface area contributed by atoms with Crippen molar-refractivity contribution in [3.8, 4) is 17.5 Å². The van der Waals surface area contributed by atoms with Gasteiger partial charge in [-0.15, -0.1) is 16.8 Å². The molecular formula is C14H14N4S. The van der Waals surface area contributed by atoms with Gasteiger partial charge in [0.05, 0.1) is 6.07 Å². The van der Waals surface area contributed by atoms with Gasteiger partial charge in [0.15, 0.2) is 11.0 Å². The number of rotatable bonds is 6. The molecule has 5 heteroatoms. The summed E-state index contributed by atoms with van der Waals surface area (Å²) in [5.74, 6) is 1.56. The Morgan fingerprint density at radius 2 is 2.11 bits per heavy atom. The van der Waals surface area contributed by atoms with Gasteiger partial charge < -0.3 is 0 Å². The molecule has 0 radical (unpaired) electrons. The summed E-state index contributed by atoms with van der Waals surface area (Å²) in [6, 6.07) is 12.1. The van der Waals surface area contributed by atoms with Gasteiger partial charge in [0.25, 0.3) is 0 Å². The molecule has 4 nitrogen and oxygen atoms in total. The van der Waals surface area contributed by atoms with Gasteiger partial charge in [-0.25, -0.2) is 0 Å². The fraction of sp³-hybridized carbons (Fsp3) is 0.214. The zero-order chi connectivity index (χ0) is 13.5. The molecule has 0 amide bonds. The Balaban J connectivity index is 2.29. The number of aromatic nitrogens is 3. The fourth-order valence-corrected chi connectivity index (χ4v) is 2.47. The van der Waals surface area contributed by atoms with Crippen molar-refractivity contribution < 1.29 is 0 Å². The highest BCUT2D eigenvalue weighted by Crippen LogP contribution is 2.24. The van der Waals surface area contributed by atoms with E-state index in [0.717, 1.165) is 22.3 Å². The highest BCUT2D eigenvalue weighted by molar-refractivity contribution is 7.99. The third-order valence-corrected chi connectivity index (χ3v) is 3.47. The molecule has 2 aromatic rings. The first-order valence-corrected chi connectivity index (χ1v) is 6.94. The average Bonchev–Trinajstić information content (AvgIpc) is 2.84. The largest absolute Gasteiger partial charge is 0.298 e. The van der Waals surface area contributed by atoms with Crippen LogP contribution in [-0.2, 0) is 6.54 Å². The Kier molecular flexibility index (Phi) is 4.76. The van der Waals surface area contributed by atoms with Crippen LogP contribution in [0.25, 0.3) is 11.4 Å². The van der Waals surface area contributed by atoms with Gasteiger partial charge in [-0.1, -0.05) is 48.2 Å². The lowest BCUT2D eigenvalue weighted by atomic mass is 10.2. The van der Waals surface area contributed by atoms with Gasteiger partial charge in [0, 0.05) is 24.3 Å². The number of hydrogen-bond acceptors (Lipinski definition) is 4. The van der Waals surface area contributed by atoms with Crippen molar-refractivity contribution in [3.63, 3.8) is 0 Å². The summed E-state index contributed by atoms with van der Waals surface area (Å²) in [6.07, 6.45) is 2.33. The second-order valence-corrected chi connectivity index (χ2v) is 4.89. The van der Waals surface area contributed by atoms with Crippen molar-refractivity contribution in [2.75, 3.05) is 5.75 Å². The number of thioether (sulfide) groups is 1. The quantitative estimate of drug-likeness (QED) is 0.459. The lowest BCUT2D eigenvalue weighted by molar-refractivity contribution is 0.731. The van der Waals surface area contributed by atoms with Crippen LogP contribution in [-0.4, -0.2) is 20.5 Å². The number of hydrogen-bond donors (Lipinski definition) is 0. The van der Waals surface area contributed by atoms with Crippen LogP contribution in [0.5, 0.6) is 0 Å². The Labute approximate surface area is 116 Å². The first kappa shape index (κ1) is 13.4. The molecule has 0 unspecified atom stereocenters. The fourth-order valence-electron chi connectivity index (χ4n) is 1.68. The van der Waals surface area contributed by atoms with E-state index in [1.165, 1.54) is 0 Å². The van der Waals surface area contributed by atoms with Gasteiger partial charge in [-0.2, -0.15) is 5.26 Å². The van der Waals surface area contributed by atoms with Crippen LogP contribution in [0, 0.1) is 11.3 Å². The van der Waals surface area contributed by atoms with Gasteiger partial charge in [0.1, 0.15) is 0 Å². The molecule has 96 valence electrons. The van der Waals surface area contributed by atoms with Crippen molar-refractivity contribution in [1.29, 1.82) is 5.26 Å². The standard InChI is InChI=1S/C14H14N4S/c1-2-10-18-13(12-7-4-3-5-8-12)16-17-14(18)19-11-6-9-15/h2-5,7-8H,1,6,10-11H2. The van der Waals surface area contributed by atoms with E-state index in [0.29, 0.717) is 13.0 Å². The van der Waals surface area contributed by atoms with Crippen LogP contribution in [0.4, 0.5) is 0 Å². The van der Waals surface area contributed by atoms with Crippen molar-refractivity contribution in [1.82, 2.24) is 14.8 Å². The molecular weight excluding hydrogens is 256 g/mol. The van der Waals surface area contributed by atoms with Crippen LogP contribution in [0.3, 0.4) is 0 Å². The summed E-state index contributed by atoms with van der Waals surface area (Å²) in [5.41, 5.74) is 1.03. The monoisotopic (exact) mass is 270 g/mol. The first-order valence-electron chi connectivity index (χ1n) is 5.96. The third-order valence-electron chi connectivity index (χ3n) is 2.51. The second-order valence-electron chi connectivity index (χ2n) is 3.83. The van der Waals surface area contributed by atoms with E-state index in [-0.39, 0.29) is 0 Å². The predicted molar refractivity (Wildman–Crippen MR) is 76.6 cm³/mol. The van der Waals surface area contributed by atoms with Crippen molar-refractivity contribution in [3.05, 3.63) is 43.0 Å². The summed E-state index contributed by atoms with van der Waals surface area (Å²) in [4.78, 5) is 0. The van der Waals surface area contributed by atoms with E-state index in [1.54, 1.807) is 11.8 Å². The van der Waals surface area contributed by atoms with Crippen LogP contribution in [0.15, 0.2) is 48.1 Å². The van der Waals surface area contributed by atoms with Crippen molar-refractivity contribution in [2.24, 2.45) is 0 Å². The van der Waals surface area contributed by atoms with Crippen molar-refractivity contribution in [2.45, 2.75) is 18.1 Å². The topological polar surface area (TPSA) is 54.5 Å². The number of nitriles is 1. The maximum Gasteiger partial charge on any atom is 0.191 e. The normalized spacial score (nSPS) is 10.1. The smallest absolute Gasteiger partial charge is 0.191 e. The Morgan fingerprint density at radius 3 is 2.79 bits per heavy atom. The Hall–Kier alpha value is -2.06. The zero-order valence-electron chi connectivity index (χ0n) is 10.5. The average molecular weight is 270 g/mol. The van der Waals surface area contributed by atoms with Crippen molar-refractivity contribution >= 4 is 11.8 Å². The van der Waals surface area contributed by atoms with E-state index in [9.17, 15) is 0 Å². The Bertz CT molecular complexity index is 583. The van der Waals surface area contributed by atoms with Crippen LogP contribution >= 0.6 is 11.8 Å². The molecule has 1 aromatic carbocycles. The summed E-state index contributed by atoms with van der Waals surface area (Å²) in [7, 11) is 0. The molecule has 0 aliphatic rings. The summed E-state index contributed by atoms with van der Waals surface area (Å²) < 4.78 is 2.02. The molecule has 0 aliphatic carbocycles. The number of allylic oxidation sites excluding steroid dienone is 1. The highest BCUT2D eigenvalue weighted by atomic mass is 32.2. The molecule has 1 heterocycles. The van der Waals surface area contributed by atoms with E-state index in [2.05, 4.69) is 22.8 Å². The summed E-state index contributed by atoms with van der Waals surface area (Å²) in [5, 5.41) is 17.9. The maximum absolute atomic E-state index is 8.58. The molecule has 0 bridgehead atoms.